The Morgan fingerprint density at radius 1 is 1.35 bits per heavy atom. The van der Waals surface area contributed by atoms with Crippen molar-refractivity contribution in [2.45, 2.75) is 6.92 Å². The minimum absolute atomic E-state index is 0.0584. The van der Waals surface area contributed by atoms with Crippen LogP contribution < -0.4 is 4.90 Å². The van der Waals surface area contributed by atoms with E-state index in [9.17, 15) is 4.79 Å². The first-order valence-corrected chi connectivity index (χ1v) is 5.22. The highest BCUT2D eigenvalue weighted by atomic mass is 35.5. The van der Waals surface area contributed by atoms with Crippen molar-refractivity contribution in [3.05, 3.63) is 30.1 Å². The van der Waals surface area contributed by atoms with Crippen molar-refractivity contribution in [2.75, 3.05) is 11.9 Å². The molecular weight excluding hydrogens is 242 g/mol. The molecule has 0 bridgehead atoms. The van der Waals surface area contributed by atoms with Crippen LogP contribution in [0.4, 0.5) is 5.69 Å². The zero-order valence-electron chi connectivity index (χ0n) is 9.33. The van der Waals surface area contributed by atoms with Crippen molar-refractivity contribution >= 4 is 23.2 Å². The Hall–Kier alpha value is -1.95. The Bertz CT molecular complexity index is 536. The molecule has 2 rings (SSSR count). The van der Waals surface area contributed by atoms with Gasteiger partial charge < -0.3 is 4.90 Å². The average Bonchev–Trinajstić information content (AvgIpc) is 2.78. The molecule has 0 atom stereocenters. The summed E-state index contributed by atoms with van der Waals surface area (Å²) in [6.45, 7) is 1.49. The van der Waals surface area contributed by atoms with Crippen LogP contribution in [0, 0.1) is 0 Å². The molecule has 0 spiro atoms. The molecule has 0 radical (unpaired) electrons. The lowest BCUT2D eigenvalue weighted by atomic mass is 10.4. The summed E-state index contributed by atoms with van der Waals surface area (Å²) in [5.41, 5.74) is 1.38. The SMILES string of the molecule is CC(=O)N(C)c1cnn(-c2cnc(Cl)nc2)c1. The van der Waals surface area contributed by atoms with Gasteiger partial charge in [-0.25, -0.2) is 14.6 Å². The minimum Gasteiger partial charge on any atom is -0.313 e. The Morgan fingerprint density at radius 3 is 2.59 bits per heavy atom. The van der Waals surface area contributed by atoms with Crippen LogP contribution in [0.3, 0.4) is 0 Å². The summed E-state index contributed by atoms with van der Waals surface area (Å²) in [5.74, 6) is -0.0584. The van der Waals surface area contributed by atoms with Gasteiger partial charge in [0.15, 0.2) is 0 Å². The van der Waals surface area contributed by atoms with Gasteiger partial charge >= 0.3 is 0 Å². The normalized spacial score (nSPS) is 10.3. The molecular formula is C10H10ClN5O. The molecule has 17 heavy (non-hydrogen) atoms. The zero-order valence-corrected chi connectivity index (χ0v) is 10.1. The maximum Gasteiger partial charge on any atom is 0.223 e. The Balaban J connectivity index is 2.29. The first-order valence-electron chi connectivity index (χ1n) is 4.85. The van der Waals surface area contributed by atoms with E-state index in [1.807, 2.05) is 0 Å². The number of carbonyl (C=O) groups is 1. The fourth-order valence-electron chi connectivity index (χ4n) is 1.23. The summed E-state index contributed by atoms with van der Waals surface area (Å²) in [4.78, 5) is 20.4. The van der Waals surface area contributed by atoms with Crippen LogP contribution in [-0.2, 0) is 4.79 Å². The van der Waals surface area contributed by atoms with E-state index in [1.54, 1.807) is 36.5 Å². The maximum absolute atomic E-state index is 11.2. The number of rotatable bonds is 2. The molecule has 0 aromatic carbocycles. The van der Waals surface area contributed by atoms with Crippen molar-refractivity contribution in [2.24, 2.45) is 0 Å². The number of hydrogen-bond donors (Lipinski definition) is 0. The van der Waals surface area contributed by atoms with Crippen LogP contribution in [-0.4, -0.2) is 32.7 Å². The van der Waals surface area contributed by atoms with Crippen LogP contribution >= 0.6 is 11.6 Å². The largest absolute Gasteiger partial charge is 0.313 e. The van der Waals surface area contributed by atoms with Crippen LogP contribution in [0.15, 0.2) is 24.8 Å². The van der Waals surface area contributed by atoms with Gasteiger partial charge in [0.1, 0.15) is 5.69 Å². The monoisotopic (exact) mass is 251 g/mol. The van der Waals surface area contributed by atoms with Crippen molar-refractivity contribution in [1.82, 2.24) is 19.7 Å². The molecule has 0 aliphatic rings. The second-order valence-electron chi connectivity index (χ2n) is 3.43. The van der Waals surface area contributed by atoms with Gasteiger partial charge in [0, 0.05) is 14.0 Å². The van der Waals surface area contributed by atoms with Gasteiger partial charge in [-0.05, 0) is 11.6 Å². The lowest BCUT2D eigenvalue weighted by Crippen LogP contribution is -2.22. The predicted octanol–water partition coefficient (Wildman–Crippen LogP) is 1.30. The van der Waals surface area contributed by atoms with Gasteiger partial charge in [-0.2, -0.15) is 5.10 Å². The van der Waals surface area contributed by atoms with Gasteiger partial charge in [-0.15, -0.1) is 0 Å². The van der Waals surface area contributed by atoms with Gasteiger partial charge in [0.2, 0.25) is 11.2 Å². The van der Waals surface area contributed by atoms with Crippen LogP contribution in [0.1, 0.15) is 6.92 Å². The molecule has 0 unspecified atom stereocenters. The molecule has 0 N–H and O–H groups in total. The molecule has 0 aliphatic carbocycles. The number of aromatic nitrogens is 4. The predicted molar refractivity (Wildman–Crippen MR) is 63.2 cm³/mol. The highest BCUT2D eigenvalue weighted by molar-refractivity contribution is 6.28. The van der Waals surface area contributed by atoms with Crippen molar-refractivity contribution in [3.63, 3.8) is 0 Å². The Kier molecular flexibility index (Phi) is 3.06. The average molecular weight is 252 g/mol. The molecule has 2 aromatic heterocycles. The number of amides is 1. The van der Waals surface area contributed by atoms with Crippen LogP contribution in [0.2, 0.25) is 5.28 Å². The standard InChI is InChI=1S/C10H10ClN5O/c1-7(17)15(2)9-5-14-16(6-9)8-3-12-10(11)13-4-8/h3-6H,1-2H3. The molecule has 88 valence electrons. The van der Waals surface area contributed by atoms with E-state index in [1.165, 1.54) is 11.8 Å². The number of anilines is 1. The van der Waals surface area contributed by atoms with E-state index < -0.39 is 0 Å². The summed E-state index contributed by atoms with van der Waals surface area (Å²) >= 11 is 5.59. The van der Waals surface area contributed by atoms with Crippen molar-refractivity contribution in [1.29, 1.82) is 0 Å². The molecule has 0 saturated heterocycles. The van der Waals surface area contributed by atoms with Gasteiger partial charge in [-0.3, -0.25) is 4.79 Å². The Morgan fingerprint density at radius 2 is 2.00 bits per heavy atom. The summed E-state index contributed by atoms with van der Waals surface area (Å²) in [7, 11) is 1.68. The second-order valence-corrected chi connectivity index (χ2v) is 3.77. The van der Waals surface area contributed by atoms with Crippen LogP contribution in [0.25, 0.3) is 5.69 Å². The van der Waals surface area contributed by atoms with Gasteiger partial charge in [0.25, 0.3) is 0 Å². The molecule has 0 saturated carbocycles. The zero-order chi connectivity index (χ0) is 12.4. The molecule has 2 aromatic rings. The summed E-state index contributed by atoms with van der Waals surface area (Å²) < 4.78 is 1.57. The highest BCUT2D eigenvalue weighted by Crippen LogP contribution is 2.14. The number of carbonyl (C=O) groups excluding carboxylic acids is 1. The van der Waals surface area contributed by atoms with Gasteiger partial charge in [-0.1, -0.05) is 0 Å². The quantitative estimate of drug-likeness (QED) is 0.755. The molecule has 2 heterocycles. The van der Waals surface area contributed by atoms with Crippen molar-refractivity contribution < 1.29 is 4.79 Å². The molecule has 0 aliphatic heterocycles. The van der Waals surface area contributed by atoms with E-state index in [0.717, 1.165) is 0 Å². The topological polar surface area (TPSA) is 63.9 Å². The third kappa shape index (κ3) is 2.42. The highest BCUT2D eigenvalue weighted by Gasteiger charge is 2.09. The first kappa shape index (κ1) is 11.5. The Labute approximate surface area is 103 Å². The van der Waals surface area contributed by atoms with E-state index in [4.69, 9.17) is 11.6 Å². The lowest BCUT2D eigenvalue weighted by molar-refractivity contribution is -0.116. The second kappa shape index (κ2) is 4.50. The minimum atomic E-state index is -0.0584. The first-order chi connectivity index (χ1) is 8.08. The molecule has 1 amide bonds. The van der Waals surface area contributed by atoms with E-state index in [2.05, 4.69) is 15.1 Å². The van der Waals surface area contributed by atoms with Gasteiger partial charge in [0.05, 0.1) is 30.5 Å². The number of halogens is 1. The summed E-state index contributed by atoms with van der Waals surface area (Å²) in [6.07, 6.45) is 6.42. The van der Waals surface area contributed by atoms with Crippen molar-refractivity contribution in [3.8, 4) is 5.69 Å². The van der Waals surface area contributed by atoms with E-state index in [0.29, 0.717) is 11.4 Å². The third-order valence-electron chi connectivity index (χ3n) is 2.30. The summed E-state index contributed by atoms with van der Waals surface area (Å²) in [6, 6.07) is 0. The summed E-state index contributed by atoms with van der Waals surface area (Å²) in [5, 5.41) is 4.30. The van der Waals surface area contributed by atoms with E-state index in [-0.39, 0.29) is 11.2 Å². The fraction of sp³-hybridized carbons (Fsp3) is 0.200. The van der Waals surface area contributed by atoms with E-state index >= 15 is 0 Å². The third-order valence-corrected chi connectivity index (χ3v) is 2.50. The molecule has 6 nitrogen and oxygen atoms in total. The fourth-order valence-corrected chi connectivity index (χ4v) is 1.33. The smallest absolute Gasteiger partial charge is 0.223 e. The number of nitrogens with zero attached hydrogens (tertiary/aromatic N) is 5. The lowest BCUT2D eigenvalue weighted by Gasteiger charge is -2.10. The number of hydrogen-bond acceptors (Lipinski definition) is 4. The maximum atomic E-state index is 11.2. The van der Waals surface area contributed by atoms with Crippen LogP contribution in [0.5, 0.6) is 0 Å². The molecule has 7 heteroatoms. The molecule has 0 fully saturated rings.